The van der Waals surface area contributed by atoms with Crippen LogP contribution in [0.3, 0.4) is 0 Å². The van der Waals surface area contributed by atoms with E-state index in [-0.39, 0.29) is 30.8 Å². The Morgan fingerprint density at radius 1 is 1.17 bits per heavy atom. The van der Waals surface area contributed by atoms with E-state index < -0.39 is 0 Å². The summed E-state index contributed by atoms with van der Waals surface area (Å²) < 4.78 is 5.22. The molecule has 0 aromatic heterocycles. The van der Waals surface area contributed by atoms with Crippen LogP contribution in [0.5, 0.6) is 0 Å². The molecule has 1 aromatic carbocycles. The van der Waals surface area contributed by atoms with Crippen LogP contribution in [0.2, 0.25) is 0 Å². The van der Waals surface area contributed by atoms with Gasteiger partial charge in [-0.25, -0.2) is 0 Å². The number of hydrogen-bond acceptors (Lipinski definition) is 3. The molecular weight excluding hydrogens is 310 g/mol. The van der Waals surface area contributed by atoms with Crippen molar-refractivity contribution >= 4 is 18.4 Å². The monoisotopic (exact) mass is 337 g/mol. The Morgan fingerprint density at radius 2 is 1.83 bits per heavy atom. The molecule has 0 aliphatic heterocycles. The highest BCUT2D eigenvalue weighted by Crippen LogP contribution is 2.14. The van der Waals surface area contributed by atoms with Gasteiger partial charge in [0.1, 0.15) is 6.61 Å². The first kappa shape index (κ1) is 21.4. The summed E-state index contributed by atoms with van der Waals surface area (Å²) in [6, 6.07) is 9.29. The van der Waals surface area contributed by atoms with Crippen LogP contribution in [-0.2, 0) is 9.53 Å². The van der Waals surface area contributed by atoms with Crippen molar-refractivity contribution in [2.45, 2.75) is 46.1 Å². The molecule has 4 heteroatoms. The molecule has 0 spiro atoms. The molecule has 0 amide bonds. The quantitative estimate of drug-likeness (QED) is 0.551. The average Bonchev–Trinajstić information content (AvgIpc) is 2.47. The largest absolute Gasteiger partial charge is 0.461 e. The van der Waals surface area contributed by atoms with E-state index in [0.29, 0.717) is 6.61 Å². The van der Waals surface area contributed by atoms with E-state index in [1.165, 1.54) is 11.1 Å². The number of nitrogens with two attached hydrogens (primary N) is 1. The maximum Gasteiger partial charge on any atom is 0.308 e. The molecule has 1 rings (SSSR count). The van der Waals surface area contributed by atoms with Crippen molar-refractivity contribution in [3.63, 3.8) is 0 Å². The van der Waals surface area contributed by atoms with E-state index in [1.54, 1.807) is 0 Å². The third-order valence-electron chi connectivity index (χ3n) is 3.38. The lowest BCUT2D eigenvalue weighted by molar-refractivity contribution is -0.142. The molecule has 1 aromatic rings. The molecule has 0 bridgehead atoms. The second kappa shape index (κ2) is 11.9. The van der Waals surface area contributed by atoms with Crippen LogP contribution in [0.15, 0.2) is 53.6 Å². The number of hydrogen-bond donors (Lipinski definition) is 1. The van der Waals surface area contributed by atoms with Gasteiger partial charge < -0.3 is 10.5 Å². The fourth-order valence-corrected chi connectivity index (χ4v) is 2.02. The van der Waals surface area contributed by atoms with E-state index in [2.05, 4.69) is 26.8 Å². The maximum atomic E-state index is 11.8. The highest BCUT2D eigenvalue weighted by atomic mass is 35.5. The molecule has 0 fully saturated rings. The molecule has 128 valence electrons. The van der Waals surface area contributed by atoms with Crippen LogP contribution in [-0.4, -0.2) is 12.6 Å². The molecule has 0 heterocycles. The van der Waals surface area contributed by atoms with Gasteiger partial charge in [0.25, 0.3) is 0 Å². The number of esters is 1. The van der Waals surface area contributed by atoms with Crippen LogP contribution < -0.4 is 5.73 Å². The molecule has 3 nitrogen and oxygen atoms in total. The molecule has 0 saturated carbocycles. The van der Waals surface area contributed by atoms with E-state index in [4.69, 9.17) is 10.5 Å². The van der Waals surface area contributed by atoms with E-state index in [1.807, 2.05) is 36.4 Å². The lowest BCUT2D eigenvalue weighted by Crippen LogP contribution is -2.17. The van der Waals surface area contributed by atoms with E-state index >= 15 is 0 Å². The zero-order chi connectivity index (χ0) is 16.4. The van der Waals surface area contributed by atoms with Crippen LogP contribution in [0.1, 0.15) is 51.6 Å². The standard InChI is InChI=1S/C19H27NO2.ClH/c1-15(2)8-7-9-16(3)12-13-22-19(21)14-18(20)17-10-5-4-6-11-17;/h4-6,8,10-12,18H,7,9,13-14,20H2,1-3H3;1H/b16-12+;/t18-;/m1./s1. The Labute approximate surface area is 146 Å². The van der Waals surface area contributed by atoms with Crippen LogP contribution in [0.4, 0.5) is 0 Å². The Hall–Kier alpha value is -1.58. The molecular formula is C19H28ClNO2. The summed E-state index contributed by atoms with van der Waals surface area (Å²) in [5, 5.41) is 0. The van der Waals surface area contributed by atoms with Gasteiger partial charge in [-0.15, -0.1) is 12.4 Å². The number of halogens is 1. The smallest absolute Gasteiger partial charge is 0.308 e. The van der Waals surface area contributed by atoms with E-state index in [0.717, 1.165) is 18.4 Å². The summed E-state index contributed by atoms with van der Waals surface area (Å²) in [4.78, 5) is 11.8. The van der Waals surface area contributed by atoms with Crippen molar-refractivity contribution in [2.75, 3.05) is 6.61 Å². The minimum atomic E-state index is -0.309. The zero-order valence-electron chi connectivity index (χ0n) is 14.2. The number of ether oxygens (including phenoxy) is 1. The molecule has 0 radical (unpaired) electrons. The lowest BCUT2D eigenvalue weighted by Gasteiger charge is -2.11. The SMILES string of the molecule is CC(C)=CCC/C(C)=C/COC(=O)C[C@@H](N)c1ccccc1.Cl. The third-order valence-corrected chi connectivity index (χ3v) is 3.38. The summed E-state index contributed by atoms with van der Waals surface area (Å²) in [5.74, 6) is -0.260. The topological polar surface area (TPSA) is 52.3 Å². The minimum absolute atomic E-state index is 0. The Morgan fingerprint density at radius 3 is 2.43 bits per heavy atom. The van der Waals surface area contributed by atoms with Crippen molar-refractivity contribution in [3.05, 3.63) is 59.2 Å². The Kier molecular flexibility index (Phi) is 11.1. The van der Waals surface area contributed by atoms with Crippen LogP contribution >= 0.6 is 12.4 Å². The number of benzene rings is 1. The van der Waals surface area contributed by atoms with Gasteiger partial charge in [-0.2, -0.15) is 0 Å². The van der Waals surface area contributed by atoms with Crippen LogP contribution in [0, 0.1) is 0 Å². The summed E-state index contributed by atoms with van der Waals surface area (Å²) >= 11 is 0. The van der Waals surface area contributed by atoms with Gasteiger partial charge in [-0.1, -0.05) is 47.6 Å². The van der Waals surface area contributed by atoms with Gasteiger partial charge in [0.15, 0.2) is 0 Å². The molecule has 2 N–H and O–H groups in total. The fraction of sp³-hybridized carbons (Fsp3) is 0.421. The first-order valence-electron chi connectivity index (χ1n) is 7.74. The second-order valence-electron chi connectivity index (χ2n) is 5.77. The molecule has 0 aliphatic carbocycles. The Bertz CT molecular complexity index is 519. The van der Waals surface area contributed by atoms with Crippen molar-refractivity contribution in [2.24, 2.45) is 5.73 Å². The van der Waals surface area contributed by atoms with Crippen molar-refractivity contribution in [3.8, 4) is 0 Å². The fourth-order valence-electron chi connectivity index (χ4n) is 2.02. The summed E-state index contributed by atoms with van der Waals surface area (Å²) in [7, 11) is 0. The highest BCUT2D eigenvalue weighted by Gasteiger charge is 2.11. The molecule has 23 heavy (non-hydrogen) atoms. The molecule has 0 unspecified atom stereocenters. The van der Waals surface area contributed by atoms with Gasteiger partial charge in [0.2, 0.25) is 0 Å². The first-order valence-corrected chi connectivity index (χ1v) is 7.74. The zero-order valence-corrected chi connectivity index (χ0v) is 15.1. The third kappa shape index (κ3) is 9.93. The molecule has 0 saturated heterocycles. The van der Waals surface area contributed by atoms with Gasteiger partial charge in [-0.3, -0.25) is 4.79 Å². The summed E-state index contributed by atoms with van der Waals surface area (Å²) in [6.45, 7) is 6.57. The van der Waals surface area contributed by atoms with Gasteiger partial charge in [0, 0.05) is 6.04 Å². The predicted molar refractivity (Wildman–Crippen MR) is 98.6 cm³/mol. The van der Waals surface area contributed by atoms with Gasteiger partial charge >= 0.3 is 5.97 Å². The minimum Gasteiger partial charge on any atom is -0.461 e. The van der Waals surface area contributed by atoms with Crippen molar-refractivity contribution in [1.82, 2.24) is 0 Å². The summed E-state index contributed by atoms with van der Waals surface area (Å²) in [6.07, 6.45) is 6.39. The normalized spacial score (nSPS) is 12.1. The lowest BCUT2D eigenvalue weighted by atomic mass is 10.1. The van der Waals surface area contributed by atoms with Crippen molar-refractivity contribution in [1.29, 1.82) is 0 Å². The number of carbonyl (C=O) groups excluding carboxylic acids is 1. The molecule has 0 aliphatic rings. The van der Waals surface area contributed by atoms with E-state index in [9.17, 15) is 4.79 Å². The maximum absolute atomic E-state index is 11.8. The van der Waals surface area contributed by atoms with Crippen molar-refractivity contribution < 1.29 is 9.53 Å². The number of carbonyl (C=O) groups is 1. The number of rotatable bonds is 8. The Balaban J connectivity index is 0.00000484. The predicted octanol–water partition coefficient (Wildman–Crippen LogP) is 4.73. The summed E-state index contributed by atoms with van der Waals surface area (Å²) in [5.41, 5.74) is 9.51. The highest BCUT2D eigenvalue weighted by molar-refractivity contribution is 5.85. The van der Waals surface area contributed by atoms with Gasteiger partial charge in [-0.05, 0) is 45.3 Å². The molecule has 1 atom stereocenters. The average molecular weight is 338 g/mol. The first-order chi connectivity index (χ1) is 10.5. The van der Waals surface area contributed by atoms with Crippen LogP contribution in [0.25, 0.3) is 0 Å². The number of allylic oxidation sites excluding steroid dienone is 3. The van der Waals surface area contributed by atoms with Gasteiger partial charge in [0.05, 0.1) is 6.42 Å². The second-order valence-corrected chi connectivity index (χ2v) is 5.77.